The summed E-state index contributed by atoms with van der Waals surface area (Å²) in [6, 6.07) is 13.5. The van der Waals surface area contributed by atoms with Crippen LogP contribution in [0.25, 0.3) is 0 Å². The molecule has 1 aliphatic rings. The molecule has 0 saturated carbocycles. The van der Waals surface area contributed by atoms with Crippen molar-refractivity contribution in [2.75, 3.05) is 19.7 Å². The summed E-state index contributed by atoms with van der Waals surface area (Å²) in [6.45, 7) is 0.650. The third-order valence-corrected chi connectivity index (χ3v) is 5.27. The number of ether oxygens (including phenoxy) is 1. The second-order valence-corrected chi connectivity index (χ2v) is 7.32. The molecule has 1 fully saturated rings. The van der Waals surface area contributed by atoms with Crippen LogP contribution in [0.15, 0.2) is 48.5 Å². The van der Waals surface area contributed by atoms with Gasteiger partial charge in [-0.2, -0.15) is 0 Å². The van der Waals surface area contributed by atoms with Crippen LogP contribution in [0.2, 0.25) is 10.0 Å². The number of halogens is 2. The molecule has 6 nitrogen and oxygen atoms in total. The van der Waals surface area contributed by atoms with E-state index >= 15 is 0 Å². The van der Waals surface area contributed by atoms with Crippen LogP contribution in [0, 0.1) is 5.92 Å². The van der Waals surface area contributed by atoms with Gasteiger partial charge in [-0.05, 0) is 24.3 Å². The lowest BCUT2D eigenvalue weighted by atomic mass is 10.0. The Bertz CT molecular complexity index is 792. The van der Waals surface area contributed by atoms with E-state index in [1.54, 1.807) is 48.5 Å². The number of hydrogen-bond acceptors (Lipinski definition) is 4. The van der Waals surface area contributed by atoms with Crippen molar-refractivity contribution in [2.45, 2.75) is 12.2 Å². The quantitative estimate of drug-likeness (QED) is 0.667. The van der Waals surface area contributed by atoms with E-state index in [0.717, 1.165) is 0 Å². The van der Waals surface area contributed by atoms with Gasteiger partial charge >= 0.3 is 0 Å². The second-order valence-electron chi connectivity index (χ2n) is 6.50. The van der Waals surface area contributed by atoms with Crippen molar-refractivity contribution < 1.29 is 19.4 Å². The first-order chi connectivity index (χ1) is 13.5. The van der Waals surface area contributed by atoms with Crippen LogP contribution >= 0.6 is 23.2 Å². The van der Waals surface area contributed by atoms with Gasteiger partial charge in [-0.15, -0.1) is 0 Å². The molecule has 2 aromatic carbocycles. The van der Waals surface area contributed by atoms with E-state index in [1.807, 2.05) is 0 Å². The van der Waals surface area contributed by atoms with Crippen molar-refractivity contribution in [1.82, 2.24) is 10.6 Å². The number of carbonyl (C=O) groups is 2. The molecule has 3 N–H and O–H groups in total. The summed E-state index contributed by atoms with van der Waals surface area (Å²) in [5, 5.41) is 16.6. The molecule has 3 rings (SSSR count). The Kier molecular flexibility index (Phi) is 6.91. The summed E-state index contributed by atoms with van der Waals surface area (Å²) >= 11 is 12.0. The lowest BCUT2D eigenvalue weighted by Crippen LogP contribution is -2.41. The van der Waals surface area contributed by atoms with E-state index in [9.17, 15) is 14.7 Å². The van der Waals surface area contributed by atoms with E-state index < -0.39 is 12.2 Å². The van der Waals surface area contributed by atoms with Crippen molar-refractivity contribution >= 4 is 35.0 Å². The fourth-order valence-corrected chi connectivity index (χ4v) is 3.45. The molecule has 0 aromatic heterocycles. The maximum absolute atomic E-state index is 12.2. The van der Waals surface area contributed by atoms with Gasteiger partial charge in [0.05, 0.1) is 33.9 Å². The maximum atomic E-state index is 12.2. The van der Waals surface area contributed by atoms with E-state index in [1.165, 1.54) is 0 Å². The van der Waals surface area contributed by atoms with Gasteiger partial charge in [0.1, 0.15) is 6.10 Å². The molecule has 0 bridgehead atoms. The van der Waals surface area contributed by atoms with Crippen molar-refractivity contribution in [3.8, 4) is 0 Å². The average molecular weight is 423 g/mol. The van der Waals surface area contributed by atoms with Gasteiger partial charge < -0.3 is 20.5 Å². The van der Waals surface area contributed by atoms with Crippen LogP contribution in [0.3, 0.4) is 0 Å². The van der Waals surface area contributed by atoms with Crippen LogP contribution in [0.1, 0.15) is 20.7 Å². The highest BCUT2D eigenvalue weighted by atomic mass is 35.5. The van der Waals surface area contributed by atoms with Gasteiger partial charge in [0, 0.05) is 19.0 Å². The molecule has 28 heavy (non-hydrogen) atoms. The van der Waals surface area contributed by atoms with Crippen molar-refractivity contribution in [3.63, 3.8) is 0 Å². The summed E-state index contributed by atoms with van der Waals surface area (Å²) in [5.74, 6) is -0.932. The molecule has 3 atom stereocenters. The van der Waals surface area contributed by atoms with Crippen molar-refractivity contribution in [1.29, 1.82) is 0 Å². The zero-order valence-corrected chi connectivity index (χ0v) is 16.4. The van der Waals surface area contributed by atoms with Crippen molar-refractivity contribution in [2.24, 2.45) is 5.92 Å². The summed E-state index contributed by atoms with van der Waals surface area (Å²) in [4.78, 5) is 24.4. The molecule has 0 spiro atoms. The lowest BCUT2D eigenvalue weighted by Gasteiger charge is -2.18. The minimum atomic E-state index is -0.821. The predicted molar refractivity (Wildman–Crippen MR) is 107 cm³/mol. The Hall–Kier alpha value is -2.12. The Balaban J connectivity index is 1.49. The minimum absolute atomic E-state index is 0.139. The standard InChI is InChI=1S/C20H20Cl2N2O4/c21-15-7-3-1-5-13(15)19(26)23-9-12-11-28-17(18(12)25)10-24-20(27)14-6-2-4-8-16(14)22/h1-8,12,17-18,25H,9-11H2,(H,23,26)(H,24,27)/t12-,17-,18+/m1/s1. The topological polar surface area (TPSA) is 87.7 Å². The molecule has 0 aliphatic carbocycles. The molecule has 148 valence electrons. The highest BCUT2D eigenvalue weighted by molar-refractivity contribution is 6.34. The predicted octanol–water partition coefficient (Wildman–Crippen LogP) is 2.53. The van der Waals surface area contributed by atoms with E-state index in [4.69, 9.17) is 27.9 Å². The monoisotopic (exact) mass is 422 g/mol. The third kappa shape index (κ3) is 4.83. The number of rotatable bonds is 6. The molecule has 0 unspecified atom stereocenters. The zero-order valence-electron chi connectivity index (χ0n) is 14.9. The molecule has 1 aliphatic heterocycles. The number of amides is 2. The fourth-order valence-electron chi connectivity index (χ4n) is 3.01. The maximum Gasteiger partial charge on any atom is 0.252 e. The number of nitrogens with one attached hydrogen (secondary N) is 2. The first-order valence-corrected chi connectivity index (χ1v) is 9.58. The van der Waals surface area contributed by atoms with E-state index in [-0.39, 0.29) is 37.4 Å². The van der Waals surface area contributed by atoms with Gasteiger partial charge in [0.25, 0.3) is 11.8 Å². The van der Waals surface area contributed by atoms with Gasteiger partial charge in [0.2, 0.25) is 0 Å². The van der Waals surface area contributed by atoms with Crippen LogP contribution in [0.5, 0.6) is 0 Å². The SMILES string of the molecule is O=C(NC[C@@H]1CO[C@H](CNC(=O)c2ccccc2Cl)[C@H]1O)c1ccccc1Cl. The smallest absolute Gasteiger partial charge is 0.252 e. The molecule has 8 heteroatoms. The fraction of sp³-hybridized carbons (Fsp3) is 0.300. The van der Waals surface area contributed by atoms with Gasteiger partial charge in [-0.3, -0.25) is 9.59 Å². The Labute approximate surface area is 172 Å². The lowest BCUT2D eigenvalue weighted by molar-refractivity contribution is 0.0384. The number of aliphatic hydroxyl groups is 1. The molecular formula is C20H20Cl2N2O4. The van der Waals surface area contributed by atoms with Crippen molar-refractivity contribution in [3.05, 3.63) is 69.7 Å². The molecular weight excluding hydrogens is 403 g/mol. The van der Waals surface area contributed by atoms with Crippen LogP contribution in [-0.4, -0.2) is 48.8 Å². The second kappa shape index (κ2) is 9.39. The number of aliphatic hydroxyl groups excluding tert-OH is 1. The molecule has 0 radical (unpaired) electrons. The Morgan fingerprint density at radius 1 is 0.929 bits per heavy atom. The summed E-state index contributed by atoms with van der Waals surface area (Å²) < 4.78 is 5.58. The largest absolute Gasteiger partial charge is 0.390 e. The van der Waals surface area contributed by atoms with Crippen LogP contribution < -0.4 is 10.6 Å². The van der Waals surface area contributed by atoms with Crippen LogP contribution in [-0.2, 0) is 4.74 Å². The zero-order chi connectivity index (χ0) is 20.1. The summed E-state index contributed by atoms with van der Waals surface area (Å²) in [7, 11) is 0. The summed E-state index contributed by atoms with van der Waals surface area (Å²) in [5.41, 5.74) is 0.737. The van der Waals surface area contributed by atoms with Gasteiger partial charge in [-0.25, -0.2) is 0 Å². The molecule has 2 aromatic rings. The average Bonchev–Trinajstić information content (AvgIpc) is 3.04. The first-order valence-electron chi connectivity index (χ1n) is 8.82. The molecule has 1 heterocycles. The highest BCUT2D eigenvalue weighted by Crippen LogP contribution is 2.21. The highest BCUT2D eigenvalue weighted by Gasteiger charge is 2.36. The molecule has 2 amide bonds. The van der Waals surface area contributed by atoms with Crippen LogP contribution in [0.4, 0.5) is 0 Å². The van der Waals surface area contributed by atoms with E-state index in [0.29, 0.717) is 21.2 Å². The van der Waals surface area contributed by atoms with E-state index in [2.05, 4.69) is 10.6 Å². The normalized spacial score (nSPS) is 21.3. The molecule has 1 saturated heterocycles. The summed E-state index contributed by atoms with van der Waals surface area (Å²) in [6.07, 6.45) is -1.38. The number of hydrogen-bond donors (Lipinski definition) is 3. The first kappa shape index (κ1) is 20.6. The Morgan fingerprint density at radius 3 is 1.96 bits per heavy atom. The van der Waals surface area contributed by atoms with Gasteiger partial charge in [-0.1, -0.05) is 47.5 Å². The number of carbonyl (C=O) groups excluding carboxylic acids is 2. The Morgan fingerprint density at radius 2 is 1.43 bits per heavy atom. The third-order valence-electron chi connectivity index (χ3n) is 4.61. The number of benzene rings is 2. The van der Waals surface area contributed by atoms with Gasteiger partial charge in [0.15, 0.2) is 0 Å². The minimum Gasteiger partial charge on any atom is -0.390 e.